The molecule has 3 rings (SSSR count). The lowest BCUT2D eigenvalue weighted by Gasteiger charge is -2.21. The van der Waals surface area contributed by atoms with Gasteiger partial charge in [-0.25, -0.2) is 8.78 Å². The molecule has 1 aliphatic rings. The van der Waals surface area contributed by atoms with Gasteiger partial charge in [0, 0.05) is 12.7 Å². The largest absolute Gasteiger partial charge is 0.374 e. The van der Waals surface area contributed by atoms with E-state index in [1.165, 1.54) is 24.3 Å². The van der Waals surface area contributed by atoms with Gasteiger partial charge in [-0.05, 0) is 36.2 Å². The van der Waals surface area contributed by atoms with Crippen molar-refractivity contribution >= 4 is 11.4 Å². The summed E-state index contributed by atoms with van der Waals surface area (Å²) in [4.78, 5) is 10.7. The van der Waals surface area contributed by atoms with Crippen LogP contribution in [0.25, 0.3) is 0 Å². The van der Waals surface area contributed by atoms with Crippen molar-refractivity contribution in [1.29, 1.82) is 5.26 Å². The third-order valence-corrected chi connectivity index (χ3v) is 4.03. The number of ether oxygens (including phenoxy) is 1. The van der Waals surface area contributed by atoms with Crippen molar-refractivity contribution in [1.82, 2.24) is 0 Å². The van der Waals surface area contributed by atoms with Crippen LogP contribution in [0.2, 0.25) is 0 Å². The van der Waals surface area contributed by atoms with Crippen molar-refractivity contribution in [3.63, 3.8) is 0 Å². The molecule has 2 aromatic rings. The molecule has 1 heterocycles. The van der Waals surface area contributed by atoms with E-state index in [1.807, 2.05) is 6.07 Å². The topological polar surface area (TPSA) is 88.2 Å². The molecule has 0 spiro atoms. The zero-order chi connectivity index (χ0) is 18.0. The zero-order valence-electron chi connectivity index (χ0n) is 12.9. The first kappa shape index (κ1) is 16.8. The summed E-state index contributed by atoms with van der Waals surface area (Å²) in [6.07, 6.45) is -0.0220. The van der Waals surface area contributed by atoms with Crippen molar-refractivity contribution in [3.05, 3.63) is 69.3 Å². The highest BCUT2D eigenvalue weighted by Gasteiger charge is 2.31. The monoisotopic (exact) mass is 345 g/mol. The summed E-state index contributed by atoms with van der Waals surface area (Å²) in [7, 11) is 0. The van der Waals surface area contributed by atoms with Crippen molar-refractivity contribution < 1.29 is 18.4 Å². The highest BCUT2D eigenvalue weighted by atomic mass is 19.2. The van der Waals surface area contributed by atoms with E-state index in [9.17, 15) is 18.9 Å². The molecule has 0 bridgehead atoms. The van der Waals surface area contributed by atoms with E-state index in [-0.39, 0.29) is 23.0 Å². The number of nitrogens with one attached hydrogen (secondary N) is 1. The minimum absolute atomic E-state index is 0.178. The van der Waals surface area contributed by atoms with Crippen LogP contribution in [-0.2, 0) is 4.74 Å². The molecule has 1 fully saturated rings. The molecule has 0 aromatic heterocycles. The van der Waals surface area contributed by atoms with Crippen LogP contribution in [-0.4, -0.2) is 17.6 Å². The molecule has 2 aromatic carbocycles. The van der Waals surface area contributed by atoms with E-state index in [0.29, 0.717) is 18.6 Å². The van der Waals surface area contributed by atoms with Crippen LogP contribution in [0.3, 0.4) is 0 Å². The average molecular weight is 345 g/mol. The number of nitro groups is 1. The van der Waals surface area contributed by atoms with Gasteiger partial charge in [0.05, 0.1) is 22.6 Å². The summed E-state index contributed by atoms with van der Waals surface area (Å²) in [6, 6.07) is 9.13. The average Bonchev–Trinajstić information content (AvgIpc) is 3.05. The van der Waals surface area contributed by atoms with E-state index < -0.39 is 22.7 Å². The minimum Gasteiger partial charge on any atom is -0.374 e. The van der Waals surface area contributed by atoms with Crippen LogP contribution in [0.1, 0.15) is 23.7 Å². The van der Waals surface area contributed by atoms with E-state index in [4.69, 9.17) is 10.00 Å². The molecular formula is C17H13F2N3O3. The summed E-state index contributed by atoms with van der Waals surface area (Å²) < 4.78 is 32.2. The third kappa shape index (κ3) is 3.41. The molecule has 8 heteroatoms. The molecule has 0 aliphatic carbocycles. The molecule has 1 saturated heterocycles. The minimum atomic E-state index is -0.976. The number of hydrogen-bond donors (Lipinski definition) is 1. The van der Waals surface area contributed by atoms with E-state index >= 15 is 0 Å². The van der Waals surface area contributed by atoms with Gasteiger partial charge in [-0.3, -0.25) is 10.1 Å². The van der Waals surface area contributed by atoms with Gasteiger partial charge in [-0.1, -0.05) is 6.07 Å². The third-order valence-electron chi connectivity index (χ3n) is 4.03. The molecule has 6 nitrogen and oxygen atoms in total. The highest BCUT2D eigenvalue weighted by Crippen LogP contribution is 2.34. The standard InChI is InChI=1S/C17H13F2N3O3/c18-12-3-2-11(8-13(12)19)17-15(5-6-25-17)21-14-4-1-10(9-20)7-16(14)22(23)24/h1-4,7-8,15,17,21H,5-6H2. The molecule has 1 aliphatic heterocycles. The highest BCUT2D eigenvalue weighted by molar-refractivity contribution is 5.64. The number of nitrogens with zero attached hydrogens (tertiary/aromatic N) is 2. The van der Waals surface area contributed by atoms with Crippen LogP contribution in [0.5, 0.6) is 0 Å². The fourth-order valence-electron chi connectivity index (χ4n) is 2.83. The van der Waals surface area contributed by atoms with Crippen LogP contribution in [0, 0.1) is 33.1 Å². The quantitative estimate of drug-likeness (QED) is 0.674. The Balaban J connectivity index is 1.88. The number of halogens is 2. The van der Waals surface area contributed by atoms with Crippen LogP contribution in [0.15, 0.2) is 36.4 Å². The second-order valence-corrected chi connectivity index (χ2v) is 5.61. The second kappa shape index (κ2) is 6.83. The van der Waals surface area contributed by atoms with Gasteiger partial charge < -0.3 is 10.1 Å². The predicted molar refractivity (Wildman–Crippen MR) is 84.9 cm³/mol. The maximum absolute atomic E-state index is 13.5. The summed E-state index contributed by atoms with van der Waals surface area (Å²) >= 11 is 0. The van der Waals surface area contributed by atoms with Gasteiger partial charge in [0.15, 0.2) is 11.6 Å². The maximum Gasteiger partial charge on any atom is 0.293 e. The number of nitro benzene ring substituents is 1. The molecule has 2 unspecified atom stereocenters. The summed E-state index contributed by atoms with van der Waals surface area (Å²) in [5.74, 6) is -1.93. The lowest BCUT2D eigenvalue weighted by Crippen LogP contribution is -2.24. The van der Waals surface area contributed by atoms with E-state index in [0.717, 1.165) is 12.1 Å². The summed E-state index contributed by atoms with van der Waals surface area (Å²) in [6.45, 7) is 0.380. The second-order valence-electron chi connectivity index (χ2n) is 5.61. The summed E-state index contributed by atoms with van der Waals surface area (Å²) in [5, 5.41) is 23.1. The van der Waals surface area contributed by atoms with Crippen LogP contribution >= 0.6 is 0 Å². The van der Waals surface area contributed by atoms with Gasteiger partial charge in [-0.2, -0.15) is 5.26 Å². The Bertz CT molecular complexity index is 867. The molecule has 1 N–H and O–H groups in total. The Kier molecular flexibility index (Phi) is 4.59. The fourth-order valence-corrected chi connectivity index (χ4v) is 2.83. The van der Waals surface area contributed by atoms with Gasteiger partial charge in [-0.15, -0.1) is 0 Å². The van der Waals surface area contributed by atoms with Crippen molar-refractivity contribution in [2.24, 2.45) is 0 Å². The van der Waals surface area contributed by atoms with Crippen molar-refractivity contribution in [2.45, 2.75) is 18.6 Å². The first-order valence-corrected chi connectivity index (χ1v) is 7.51. The van der Waals surface area contributed by atoms with Crippen LogP contribution in [0.4, 0.5) is 20.2 Å². The fraction of sp³-hybridized carbons (Fsp3) is 0.235. The molecule has 128 valence electrons. The number of benzene rings is 2. The lowest BCUT2D eigenvalue weighted by molar-refractivity contribution is -0.384. The first-order chi connectivity index (χ1) is 12.0. The Labute approximate surface area is 141 Å². The normalized spacial score (nSPS) is 19.4. The Morgan fingerprint density at radius 2 is 2.04 bits per heavy atom. The molecule has 25 heavy (non-hydrogen) atoms. The maximum atomic E-state index is 13.5. The summed E-state index contributed by atoms with van der Waals surface area (Å²) in [5.41, 5.74) is 0.643. The van der Waals surface area contributed by atoms with Crippen LogP contribution < -0.4 is 5.32 Å². The molecule has 2 atom stereocenters. The Morgan fingerprint density at radius 3 is 2.72 bits per heavy atom. The molecule has 0 radical (unpaired) electrons. The van der Waals surface area contributed by atoms with Crippen molar-refractivity contribution in [3.8, 4) is 6.07 Å². The Hall–Kier alpha value is -3.05. The smallest absolute Gasteiger partial charge is 0.293 e. The lowest BCUT2D eigenvalue weighted by atomic mass is 10.0. The molecule has 0 amide bonds. The molecular weight excluding hydrogens is 332 g/mol. The van der Waals surface area contributed by atoms with Crippen molar-refractivity contribution in [2.75, 3.05) is 11.9 Å². The molecule has 0 saturated carbocycles. The van der Waals surface area contributed by atoms with Gasteiger partial charge in [0.2, 0.25) is 0 Å². The number of anilines is 1. The number of rotatable bonds is 4. The Morgan fingerprint density at radius 1 is 1.24 bits per heavy atom. The van der Waals surface area contributed by atoms with Gasteiger partial charge in [0.25, 0.3) is 5.69 Å². The van der Waals surface area contributed by atoms with Gasteiger partial charge >= 0.3 is 0 Å². The number of hydrogen-bond acceptors (Lipinski definition) is 5. The van der Waals surface area contributed by atoms with Gasteiger partial charge in [0.1, 0.15) is 11.8 Å². The van der Waals surface area contributed by atoms with E-state index in [1.54, 1.807) is 0 Å². The number of nitriles is 1. The van der Waals surface area contributed by atoms with E-state index in [2.05, 4.69) is 5.32 Å². The zero-order valence-corrected chi connectivity index (χ0v) is 12.9. The first-order valence-electron chi connectivity index (χ1n) is 7.51. The SMILES string of the molecule is N#Cc1ccc(NC2CCOC2c2ccc(F)c(F)c2)c([N+](=O)[O-])c1. The predicted octanol–water partition coefficient (Wildman–Crippen LogP) is 3.69.